The van der Waals surface area contributed by atoms with E-state index in [1.165, 1.54) is 23.3 Å². The molecule has 5 heteroatoms. The van der Waals surface area contributed by atoms with Gasteiger partial charge < -0.3 is 9.73 Å². The predicted molar refractivity (Wildman–Crippen MR) is 153 cm³/mol. The van der Waals surface area contributed by atoms with Crippen LogP contribution in [-0.4, -0.2) is 37.8 Å². The molecule has 4 nitrogen and oxygen atoms in total. The maximum atomic E-state index is 13.1. The highest BCUT2D eigenvalue weighted by molar-refractivity contribution is 6.10. The standard InChI is InChI=1S/C15H19NO.C14H17FN2.C2H2/c1-3-9-17-14-7-5-13(6-8-14)15-10-12(4-2)11-16-15;1-4-14(8-9-16-3)17-11(2)12-6-5-7-13(15)10-12;1-2/h5-8,10H,3-4,9,11H2,1-2H3;4-7,9-10H,8H2,1-3H3;1-2H/b;14-4+,16-9?,17-11?;. The Hall–Kier alpha value is -3.78. The van der Waals surface area contributed by atoms with Crippen LogP contribution in [0.3, 0.4) is 0 Å². The largest absolute Gasteiger partial charge is 0.494 e. The van der Waals surface area contributed by atoms with Gasteiger partial charge in [0.2, 0.25) is 0 Å². The summed E-state index contributed by atoms with van der Waals surface area (Å²) in [5.74, 6) is 0.697. The normalized spacial score (nSPS) is 13.2. The van der Waals surface area contributed by atoms with Crippen LogP contribution in [0.1, 0.15) is 58.1 Å². The van der Waals surface area contributed by atoms with Gasteiger partial charge in [-0.15, -0.1) is 12.8 Å². The van der Waals surface area contributed by atoms with Crippen LogP contribution < -0.4 is 4.74 Å². The van der Waals surface area contributed by atoms with E-state index in [-0.39, 0.29) is 5.82 Å². The van der Waals surface area contributed by atoms with Gasteiger partial charge in [-0.1, -0.05) is 32.1 Å². The van der Waals surface area contributed by atoms with E-state index in [0.717, 1.165) is 54.4 Å². The highest BCUT2D eigenvalue weighted by Gasteiger charge is 2.08. The molecule has 0 saturated heterocycles. The number of benzene rings is 2. The number of halogens is 1. The highest BCUT2D eigenvalue weighted by Crippen LogP contribution is 2.18. The van der Waals surface area contributed by atoms with Gasteiger partial charge in [0.1, 0.15) is 11.6 Å². The Morgan fingerprint density at radius 2 is 1.86 bits per heavy atom. The highest BCUT2D eigenvalue weighted by atomic mass is 19.1. The minimum Gasteiger partial charge on any atom is -0.494 e. The maximum absolute atomic E-state index is 13.1. The van der Waals surface area contributed by atoms with E-state index in [1.807, 2.05) is 38.1 Å². The van der Waals surface area contributed by atoms with E-state index in [1.54, 1.807) is 19.3 Å². The van der Waals surface area contributed by atoms with Crippen LogP contribution in [0, 0.1) is 18.7 Å². The molecule has 0 atom stereocenters. The minimum atomic E-state index is -0.241. The monoisotopic (exact) mass is 487 g/mol. The summed E-state index contributed by atoms with van der Waals surface area (Å²) in [6.45, 7) is 9.73. The number of aliphatic imine (C=N–C) groups is 3. The van der Waals surface area contributed by atoms with Crippen molar-refractivity contribution in [3.8, 4) is 18.6 Å². The molecule has 190 valence electrons. The van der Waals surface area contributed by atoms with Crippen LogP contribution in [0.4, 0.5) is 4.39 Å². The number of hydrogen-bond acceptors (Lipinski definition) is 4. The van der Waals surface area contributed by atoms with Gasteiger partial charge in [-0.2, -0.15) is 0 Å². The zero-order valence-electron chi connectivity index (χ0n) is 22.2. The summed E-state index contributed by atoms with van der Waals surface area (Å²) < 4.78 is 18.6. The van der Waals surface area contributed by atoms with Gasteiger partial charge in [0, 0.05) is 31.1 Å². The molecular formula is C31H38FN3O. The summed E-state index contributed by atoms with van der Waals surface area (Å²) in [5, 5.41) is 0. The second-order valence-electron chi connectivity index (χ2n) is 7.86. The average molecular weight is 488 g/mol. The first-order chi connectivity index (χ1) is 17.5. The van der Waals surface area contributed by atoms with Gasteiger partial charge in [0.15, 0.2) is 0 Å². The predicted octanol–water partition coefficient (Wildman–Crippen LogP) is 7.49. The molecule has 0 unspecified atom stereocenters. The first kappa shape index (κ1) is 30.3. The molecule has 1 aliphatic rings. The Balaban J connectivity index is 0.000000337. The van der Waals surface area contributed by atoms with E-state index < -0.39 is 0 Å². The Morgan fingerprint density at radius 3 is 2.42 bits per heavy atom. The second-order valence-corrected chi connectivity index (χ2v) is 7.86. The summed E-state index contributed by atoms with van der Waals surface area (Å²) in [6.07, 6.45) is 16.8. The number of hydrogen-bond donors (Lipinski definition) is 0. The fourth-order valence-corrected chi connectivity index (χ4v) is 3.21. The summed E-state index contributed by atoms with van der Waals surface area (Å²) in [7, 11) is 1.73. The molecule has 0 radical (unpaired) electrons. The zero-order valence-corrected chi connectivity index (χ0v) is 22.2. The van der Waals surface area contributed by atoms with E-state index >= 15 is 0 Å². The second kappa shape index (κ2) is 17.6. The number of ether oxygens (including phenoxy) is 1. The fraction of sp³-hybridized carbons (Fsp3) is 0.323. The molecule has 0 N–H and O–H groups in total. The molecular weight excluding hydrogens is 449 g/mol. The summed E-state index contributed by atoms with van der Waals surface area (Å²) in [6, 6.07) is 14.7. The van der Waals surface area contributed by atoms with Crippen LogP contribution in [0.2, 0.25) is 0 Å². The van der Waals surface area contributed by atoms with Crippen molar-refractivity contribution in [2.24, 2.45) is 15.0 Å². The lowest BCUT2D eigenvalue weighted by atomic mass is 10.1. The van der Waals surface area contributed by atoms with E-state index in [0.29, 0.717) is 6.42 Å². The van der Waals surface area contributed by atoms with Crippen molar-refractivity contribution in [1.29, 1.82) is 0 Å². The van der Waals surface area contributed by atoms with E-state index in [9.17, 15) is 4.39 Å². The van der Waals surface area contributed by atoms with Gasteiger partial charge >= 0.3 is 0 Å². The van der Waals surface area contributed by atoms with E-state index in [4.69, 9.17) is 4.74 Å². The Kier molecular flexibility index (Phi) is 14.8. The van der Waals surface area contributed by atoms with E-state index in [2.05, 4.69) is 59.9 Å². The molecule has 0 aliphatic carbocycles. The van der Waals surface area contributed by atoms with Crippen molar-refractivity contribution >= 4 is 17.6 Å². The van der Waals surface area contributed by atoms with Crippen molar-refractivity contribution in [3.63, 3.8) is 0 Å². The smallest absolute Gasteiger partial charge is 0.123 e. The molecule has 0 fully saturated rings. The quantitative estimate of drug-likeness (QED) is 0.267. The van der Waals surface area contributed by atoms with Gasteiger partial charge in [0.05, 0.1) is 18.9 Å². The Bertz CT molecular complexity index is 1110. The molecule has 1 heterocycles. The molecule has 2 aromatic carbocycles. The van der Waals surface area contributed by atoms with Crippen molar-refractivity contribution in [1.82, 2.24) is 0 Å². The molecule has 0 saturated carbocycles. The lowest BCUT2D eigenvalue weighted by Gasteiger charge is -2.05. The lowest BCUT2D eigenvalue weighted by Crippen LogP contribution is -1.97. The van der Waals surface area contributed by atoms with Crippen LogP contribution in [0.15, 0.2) is 86.9 Å². The molecule has 1 aliphatic heterocycles. The Labute approximate surface area is 216 Å². The topological polar surface area (TPSA) is 46.3 Å². The molecule has 0 spiro atoms. The summed E-state index contributed by atoms with van der Waals surface area (Å²) in [5.41, 5.74) is 6.23. The molecule has 3 rings (SSSR count). The third-order valence-electron chi connectivity index (χ3n) is 5.24. The molecule has 0 aromatic heterocycles. The first-order valence-corrected chi connectivity index (χ1v) is 12.2. The fourth-order valence-electron chi connectivity index (χ4n) is 3.21. The average Bonchev–Trinajstić information content (AvgIpc) is 3.41. The van der Waals surface area contributed by atoms with Crippen LogP contribution >= 0.6 is 0 Å². The SMILES string of the molecule is C#C.C/C=C(\CC=NC)N=C(C)c1cccc(F)c1.CCCOc1ccc(C2=NCC(CC)=C2)cc1. The minimum absolute atomic E-state index is 0.241. The molecule has 36 heavy (non-hydrogen) atoms. The zero-order chi connectivity index (χ0) is 26.8. The molecule has 0 bridgehead atoms. The number of rotatable bonds is 9. The number of terminal acetylenes is 1. The van der Waals surface area contributed by atoms with Crippen LogP contribution in [0.5, 0.6) is 5.75 Å². The lowest BCUT2D eigenvalue weighted by molar-refractivity contribution is 0.317. The van der Waals surface area contributed by atoms with Crippen molar-refractivity contribution in [3.05, 3.63) is 88.9 Å². The molecule has 0 amide bonds. The van der Waals surface area contributed by atoms with Gasteiger partial charge in [-0.05, 0) is 85.9 Å². The van der Waals surface area contributed by atoms with Gasteiger partial charge in [-0.3, -0.25) is 9.98 Å². The number of allylic oxidation sites excluding steroid dienone is 3. The number of nitrogens with zero attached hydrogens (tertiary/aromatic N) is 3. The third kappa shape index (κ3) is 10.7. The van der Waals surface area contributed by atoms with Crippen LogP contribution in [0.25, 0.3) is 0 Å². The van der Waals surface area contributed by atoms with Crippen molar-refractivity contribution in [2.45, 2.75) is 47.0 Å². The van der Waals surface area contributed by atoms with Gasteiger partial charge in [0.25, 0.3) is 0 Å². The third-order valence-corrected chi connectivity index (χ3v) is 5.24. The van der Waals surface area contributed by atoms with Crippen LogP contribution in [-0.2, 0) is 0 Å². The molecule has 2 aromatic rings. The Morgan fingerprint density at radius 1 is 1.14 bits per heavy atom. The van der Waals surface area contributed by atoms with Crippen molar-refractivity contribution in [2.75, 3.05) is 20.2 Å². The first-order valence-electron chi connectivity index (χ1n) is 12.2. The van der Waals surface area contributed by atoms with Gasteiger partial charge in [-0.25, -0.2) is 4.39 Å². The summed E-state index contributed by atoms with van der Waals surface area (Å²) >= 11 is 0. The maximum Gasteiger partial charge on any atom is 0.123 e. The summed E-state index contributed by atoms with van der Waals surface area (Å²) in [4.78, 5) is 12.9. The van der Waals surface area contributed by atoms with Crippen molar-refractivity contribution < 1.29 is 9.13 Å².